The minimum atomic E-state index is 0.596. The van der Waals surface area contributed by atoms with Gasteiger partial charge in [-0.05, 0) is 76.3 Å². The van der Waals surface area contributed by atoms with E-state index in [2.05, 4.69) is 163 Å². The van der Waals surface area contributed by atoms with Gasteiger partial charge in [-0.3, -0.25) is 0 Å². The summed E-state index contributed by atoms with van der Waals surface area (Å²) in [6, 6.07) is 80.0. The molecule has 0 unspecified atom stereocenters. The highest BCUT2D eigenvalue weighted by Gasteiger charge is 2.20. The number of benzene rings is 9. The molecule has 0 N–H and O–H groups in total. The molecular weight excluding hydrogens is 757 g/mol. The van der Waals surface area contributed by atoms with Gasteiger partial charge < -0.3 is 9.32 Å². The second-order valence-electron chi connectivity index (χ2n) is 15.2. The van der Waals surface area contributed by atoms with Crippen LogP contribution in [0.25, 0.3) is 89.5 Å². The molecule has 0 bridgehead atoms. The maximum atomic E-state index is 6.60. The van der Waals surface area contributed by atoms with Gasteiger partial charge in [0.1, 0.15) is 11.2 Å². The van der Waals surface area contributed by atoms with Crippen LogP contribution in [0.1, 0.15) is 0 Å². The topological polar surface area (TPSA) is 55.1 Å². The third-order valence-corrected chi connectivity index (χ3v) is 11.4. The summed E-state index contributed by atoms with van der Waals surface area (Å²) in [4.78, 5) is 17.3. The summed E-state index contributed by atoms with van der Waals surface area (Å²) in [6.07, 6.45) is 0. The predicted molar refractivity (Wildman–Crippen MR) is 254 cm³/mol. The molecule has 0 spiro atoms. The minimum absolute atomic E-state index is 0.596. The van der Waals surface area contributed by atoms with Crippen LogP contribution in [0.4, 0.5) is 17.1 Å². The molecule has 5 heteroatoms. The number of furan rings is 1. The van der Waals surface area contributed by atoms with E-state index in [1.807, 2.05) is 72.8 Å². The number of hydrogen-bond donors (Lipinski definition) is 0. The average molecular weight is 795 g/mol. The van der Waals surface area contributed by atoms with Crippen molar-refractivity contribution >= 4 is 39.0 Å². The number of fused-ring (bicyclic) bond motifs is 3. The van der Waals surface area contributed by atoms with Gasteiger partial charge >= 0.3 is 0 Å². The Morgan fingerprint density at radius 3 is 1.35 bits per heavy atom. The van der Waals surface area contributed by atoms with Gasteiger partial charge in [-0.1, -0.05) is 182 Å². The molecule has 62 heavy (non-hydrogen) atoms. The molecule has 0 amide bonds. The Hall–Kier alpha value is -8.41. The van der Waals surface area contributed by atoms with Crippen molar-refractivity contribution < 1.29 is 4.42 Å². The highest BCUT2D eigenvalue weighted by atomic mass is 16.3. The number of aromatic nitrogens is 3. The van der Waals surface area contributed by atoms with Crippen LogP contribution in [0.2, 0.25) is 0 Å². The van der Waals surface area contributed by atoms with Crippen molar-refractivity contribution in [2.24, 2.45) is 0 Å². The Balaban J connectivity index is 0.978. The Morgan fingerprint density at radius 1 is 0.306 bits per heavy atom. The quantitative estimate of drug-likeness (QED) is 0.146. The maximum absolute atomic E-state index is 6.60. The Bertz CT molecular complexity index is 3260. The molecule has 0 radical (unpaired) electrons. The molecule has 0 saturated carbocycles. The highest BCUT2D eigenvalue weighted by Crippen LogP contribution is 2.43. The smallest absolute Gasteiger partial charge is 0.164 e. The summed E-state index contributed by atoms with van der Waals surface area (Å²) in [5.74, 6) is 1.84. The molecule has 292 valence electrons. The summed E-state index contributed by atoms with van der Waals surface area (Å²) in [5, 5.41) is 1.97. The van der Waals surface area contributed by atoms with E-state index in [4.69, 9.17) is 19.4 Å². The summed E-state index contributed by atoms with van der Waals surface area (Å²) in [6.45, 7) is 0. The van der Waals surface area contributed by atoms with Crippen LogP contribution in [-0.4, -0.2) is 15.0 Å². The highest BCUT2D eigenvalue weighted by molar-refractivity contribution is 6.12. The van der Waals surface area contributed by atoms with Gasteiger partial charge in [0.2, 0.25) is 0 Å². The van der Waals surface area contributed by atoms with Crippen molar-refractivity contribution in [1.82, 2.24) is 15.0 Å². The lowest BCUT2D eigenvalue weighted by Crippen LogP contribution is -2.11. The summed E-state index contributed by atoms with van der Waals surface area (Å²) < 4.78 is 6.60. The van der Waals surface area contributed by atoms with E-state index in [1.54, 1.807) is 0 Å². The lowest BCUT2D eigenvalue weighted by Gasteiger charge is -2.28. The number of nitrogens with zero attached hydrogens (tertiary/aromatic N) is 4. The van der Waals surface area contributed by atoms with Gasteiger partial charge in [-0.25, -0.2) is 15.0 Å². The first-order chi connectivity index (χ1) is 30.7. The van der Waals surface area contributed by atoms with Crippen molar-refractivity contribution in [3.05, 3.63) is 231 Å². The van der Waals surface area contributed by atoms with Crippen LogP contribution in [-0.2, 0) is 0 Å². The van der Waals surface area contributed by atoms with E-state index in [0.717, 1.165) is 77.9 Å². The first-order valence-corrected chi connectivity index (χ1v) is 20.8. The van der Waals surface area contributed by atoms with Crippen LogP contribution in [0.3, 0.4) is 0 Å². The summed E-state index contributed by atoms with van der Waals surface area (Å²) >= 11 is 0. The van der Waals surface area contributed by atoms with Gasteiger partial charge in [-0.2, -0.15) is 0 Å². The van der Waals surface area contributed by atoms with Gasteiger partial charge in [0.25, 0.3) is 0 Å². The molecule has 0 aliphatic carbocycles. The van der Waals surface area contributed by atoms with Gasteiger partial charge in [0, 0.05) is 44.4 Å². The number of para-hydroxylation sites is 1. The Kier molecular flexibility index (Phi) is 9.45. The van der Waals surface area contributed by atoms with E-state index >= 15 is 0 Å². The van der Waals surface area contributed by atoms with Crippen LogP contribution in [0, 0.1) is 0 Å². The second-order valence-corrected chi connectivity index (χ2v) is 15.2. The Labute approximate surface area is 359 Å². The summed E-state index contributed by atoms with van der Waals surface area (Å²) in [5.41, 5.74) is 14.4. The lowest BCUT2D eigenvalue weighted by atomic mass is 9.99. The number of anilines is 3. The van der Waals surface area contributed by atoms with E-state index < -0.39 is 0 Å². The van der Waals surface area contributed by atoms with Crippen LogP contribution >= 0.6 is 0 Å². The Morgan fingerprint density at radius 2 is 0.758 bits per heavy atom. The molecule has 2 aromatic heterocycles. The monoisotopic (exact) mass is 794 g/mol. The van der Waals surface area contributed by atoms with Gasteiger partial charge in [0.15, 0.2) is 17.5 Å². The second kappa shape index (κ2) is 16.0. The summed E-state index contributed by atoms with van der Waals surface area (Å²) in [7, 11) is 0. The van der Waals surface area contributed by atoms with E-state index in [9.17, 15) is 0 Å². The third-order valence-electron chi connectivity index (χ3n) is 11.4. The molecule has 0 atom stereocenters. The van der Waals surface area contributed by atoms with E-state index in [-0.39, 0.29) is 0 Å². The standard InChI is InChI=1S/C57H38N4O/c1-5-16-39(17-6-1)40-28-33-46(34-29-40)61(51-26-14-13-24-48(51)42-18-7-2-8-19-42)47-35-30-41(31-36-47)45-32-37-49-53(38-45)62-52-27-15-25-50(54(49)52)57-59-55(43-20-9-3-10-21-43)58-56(60-57)44-22-11-4-12-23-44/h1-38H. The van der Waals surface area contributed by atoms with Crippen molar-refractivity contribution in [3.8, 4) is 67.5 Å². The maximum Gasteiger partial charge on any atom is 0.164 e. The van der Waals surface area contributed by atoms with E-state index in [1.165, 1.54) is 11.1 Å². The van der Waals surface area contributed by atoms with Gasteiger partial charge in [-0.15, -0.1) is 0 Å². The van der Waals surface area contributed by atoms with Crippen LogP contribution in [0.15, 0.2) is 235 Å². The SMILES string of the molecule is c1ccc(-c2ccc(N(c3ccc(-c4ccc5c(c4)oc4cccc(-c6nc(-c7ccccc7)nc(-c7ccccc7)n6)c45)cc3)c3ccccc3-c3ccccc3)cc2)cc1. The fraction of sp³-hybridized carbons (Fsp3) is 0. The van der Waals surface area contributed by atoms with Crippen LogP contribution < -0.4 is 4.90 Å². The lowest BCUT2D eigenvalue weighted by molar-refractivity contribution is 0.669. The normalized spacial score (nSPS) is 11.2. The molecule has 9 aromatic carbocycles. The minimum Gasteiger partial charge on any atom is -0.456 e. The number of hydrogen-bond acceptors (Lipinski definition) is 5. The third kappa shape index (κ3) is 6.97. The van der Waals surface area contributed by atoms with Gasteiger partial charge in [0.05, 0.1) is 5.69 Å². The molecule has 0 aliphatic rings. The van der Waals surface area contributed by atoms with Crippen molar-refractivity contribution in [2.45, 2.75) is 0 Å². The number of rotatable bonds is 9. The van der Waals surface area contributed by atoms with Crippen molar-refractivity contribution in [3.63, 3.8) is 0 Å². The molecule has 11 rings (SSSR count). The molecule has 0 saturated heterocycles. The fourth-order valence-corrected chi connectivity index (χ4v) is 8.31. The molecule has 0 aliphatic heterocycles. The molecule has 11 aromatic rings. The first-order valence-electron chi connectivity index (χ1n) is 20.8. The molecule has 2 heterocycles. The van der Waals surface area contributed by atoms with E-state index in [0.29, 0.717) is 17.5 Å². The molecule has 0 fully saturated rings. The molecule has 5 nitrogen and oxygen atoms in total. The predicted octanol–water partition coefficient (Wildman–Crippen LogP) is 15.2. The zero-order valence-electron chi connectivity index (χ0n) is 33.6. The zero-order valence-corrected chi connectivity index (χ0v) is 33.6. The largest absolute Gasteiger partial charge is 0.456 e. The van der Waals surface area contributed by atoms with Crippen LogP contribution in [0.5, 0.6) is 0 Å². The van der Waals surface area contributed by atoms with Crippen molar-refractivity contribution in [1.29, 1.82) is 0 Å². The average Bonchev–Trinajstić information content (AvgIpc) is 3.74. The molecular formula is C57H38N4O. The zero-order chi connectivity index (χ0) is 41.2. The first kappa shape index (κ1) is 36.7. The fourth-order valence-electron chi connectivity index (χ4n) is 8.31. The van der Waals surface area contributed by atoms with Crippen molar-refractivity contribution in [2.75, 3.05) is 4.90 Å².